The molecule has 0 aliphatic carbocycles. The first-order chi connectivity index (χ1) is 24.7. The molecule has 0 radical (unpaired) electrons. The van der Waals surface area contributed by atoms with E-state index in [-0.39, 0.29) is 44.4 Å². The Balaban J connectivity index is 1.57. The number of rotatable bonds is 14. The minimum atomic E-state index is -1.52. The van der Waals surface area contributed by atoms with Crippen LogP contribution in [0.2, 0.25) is 0 Å². The lowest BCUT2D eigenvalue weighted by Crippen LogP contribution is -2.58. The molecule has 13 heteroatoms. The van der Waals surface area contributed by atoms with Crippen LogP contribution in [-0.2, 0) is 51.4 Å². The molecule has 2 saturated heterocycles. The predicted molar refractivity (Wildman–Crippen MR) is 191 cm³/mol. The lowest BCUT2D eigenvalue weighted by Gasteiger charge is -2.32. The topological polar surface area (TPSA) is 161 Å². The Kier molecular flexibility index (Phi) is 14.2. The summed E-state index contributed by atoms with van der Waals surface area (Å²) in [5.41, 5.74) is 0.614. The van der Waals surface area contributed by atoms with Crippen molar-refractivity contribution in [2.45, 2.75) is 104 Å². The zero-order valence-electron chi connectivity index (χ0n) is 30.8. The predicted octanol–water partition coefficient (Wildman–Crippen LogP) is 4.13. The summed E-state index contributed by atoms with van der Waals surface area (Å²) in [4.78, 5) is 84.6. The van der Waals surface area contributed by atoms with Crippen LogP contribution >= 0.6 is 0 Å². The van der Waals surface area contributed by atoms with E-state index in [1.54, 1.807) is 62.1 Å². The van der Waals surface area contributed by atoms with Crippen molar-refractivity contribution in [2.75, 3.05) is 19.6 Å². The molecule has 0 aromatic heterocycles. The Bertz CT molecular complexity index is 1540. The highest BCUT2D eigenvalue weighted by atomic mass is 16.6. The van der Waals surface area contributed by atoms with E-state index in [1.807, 2.05) is 38.1 Å². The molecular weight excluding hydrogens is 668 g/mol. The van der Waals surface area contributed by atoms with Crippen molar-refractivity contribution in [2.24, 2.45) is 11.8 Å². The van der Waals surface area contributed by atoms with Gasteiger partial charge in [-0.25, -0.2) is 9.59 Å². The van der Waals surface area contributed by atoms with Gasteiger partial charge in [0.2, 0.25) is 17.7 Å². The fourth-order valence-electron chi connectivity index (χ4n) is 6.29. The van der Waals surface area contributed by atoms with Crippen molar-refractivity contribution in [1.82, 2.24) is 20.4 Å². The zero-order valence-corrected chi connectivity index (χ0v) is 30.8. The number of carbonyl (C=O) groups excluding carboxylic acids is 6. The molecule has 2 heterocycles. The smallest absolute Gasteiger partial charge is 0.410 e. The molecule has 4 amide bonds. The molecule has 4 atom stereocenters. The number of ether oxygens (including phenoxy) is 3. The van der Waals surface area contributed by atoms with Gasteiger partial charge in [-0.05, 0) is 63.5 Å². The molecular formula is C39H52N4O9. The molecule has 0 unspecified atom stereocenters. The second kappa shape index (κ2) is 18.5. The summed E-state index contributed by atoms with van der Waals surface area (Å²) in [6.45, 7) is 9.96. The molecule has 0 bridgehead atoms. The van der Waals surface area contributed by atoms with Gasteiger partial charge in [0, 0.05) is 19.6 Å². The molecule has 2 aromatic rings. The number of hydrogen-bond donors (Lipinski definition) is 2. The van der Waals surface area contributed by atoms with Crippen molar-refractivity contribution >= 4 is 35.8 Å². The molecule has 2 aromatic carbocycles. The molecule has 0 spiro atoms. The first kappa shape index (κ1) is 39.8. The molecule has 2 N–H and O–H groups in total. The summed E-state index contributed by atoms with van der Waals surface area (Å²) >= 11 is 0. The van der Waals surface area contributed by atoms with E-state index in [1.165, 1.54) is 4.90 Å². The van der Waals surface area contributed by atoms with Gasteiger partial charge in [-0.15, -0.1) is 0 Å². The summed E-state index contributed by atoms with van der Waals surface area (Å²) in [7, 11) is 0. The fourth-order valence-corrected chi connectivity index (χ4v) is 6.29. The fraction of sp³-hybridized carbons (Fsp3) is 0.538. The van der Waals surface area contributed by atoms with E-state index in [0.29, 0.717) is 13.1 Å². The van der Waals surface area contributed by atoms with Gasteiger partial charge in [0.05, 0.1) is 12.3 Å². The minimum absolute atomic E-state index is 0.00920. The highest BCUT2D eigenvalue weighted by molar-refractivity contribution is 5.98. The van der Waals surface area contributed by atoms with Gasteiger partial charge in [-0.3, -0.25) is 24.1 Å². The molecule has 2 fully saturated rings. The third-order valence-electron chi connectivity index (χ3n) is 8.81. The number of carbonyl (C=O) groups is 6. The normalized spacial score (nSPS) is 18.3. The van der Waals surface area contributed by atoms with E-state index >= 15 is 0 Å². The number of benzene rings is 2. The monoisotopic (exact) mass is 720 g/mol. The summed E-state index contributed by atoms with van der Waals surface area (Å²) in [5.74, 6) is -4.26. The number of esters is 2. The van der Waals surface area contributed by atoms with Crippen LogP contribution in [0, 0.1) is 11.8 Å². The van der Waals surface area contributed by atoms with Gasteiger partial charge in [-0.2, -0.15) is 0 Å². The molecule has 0 saturated carbocycles. The third-order valence-corrected chi connectivity index (χ3v) is 8.81. The van der Waals surface area contributed by atoms with Crippen LogP contribution in [-0.4, -0.2) is 88.9 Å². The largest absolute Gasteiger partial charge is 0.461 e. The highest BCUT2D eigenvalue weighted by Crippen LogP contribution is 2.30. The Morgan fingerprint density at radius 3 is 1.92 bits per heavy atom. The van der Waals surface area contributed by atoms with E-state index in [0.717, 1.165) is 24.0 Å². The van der Waals surface area contributed by atoms with Crippen molar-refractivity contribution in [3.8, 4) is 0 Å². The molecule has 13 nitrogen and oxygen atoms in total. The van der Waals surface area contributed by atoms with Crippen molar-refractivity contribution in [1.29, 1.82) is 0 Å². The molecule has 52 heavy (non-hydrogen) atoms. The maximum atomic E-state index is 14.2. The van der Waals surface area contributed by atoms with Gasteiger partial charge >= 0.3 is 18.0 Å². The van der Waals surface area contributed by atoms with Crippen LogP contribution in [0.5, 0.6) is 0 Å². The maximum Gasteiger partial charge on any atom is 0.410 e. The quantitative estimate of drug-likeness (QED) is 0.216. The van der Waals surface area contributed by atoms with Gasteiger partial charge in [-0.1, -0.05) is 74.5 Å². The second-order valence-corrected chi connectivity index (χ2v) is 14.7. The van der Waals surface area contributed by atoms with Gasteiger partial charge in [0.25, 0.3) is 0 Å². The summed E-state index contributed by atoms with van der Waals surface area (Å²) in [5, 5.41) is 5.33. The standard InChI is InChI=1S/C39H52N4O9/c1-26(2)22-31(37(48)51-25-28-16-10-7-11-17-28)41-34(45)30(23-32(44)50-24-27-14-8-6-9-15-27)40-35(46)33-29(36(47)42-19-12-13-20-42)18-21-43(33)38(49)52-39(3,4)5/h6-11,14-17,26,29-31,33H,12-13,18-25H2,1-5H3,(H,40,46)(H,41,45)/t29-,30-,31-,33+/m0/s1. The number of nitrogens with one attached hydrogen (secondary N) is 2. The lowest BCUT2D eigenvalue weighted by molar-refractivity contribution is -0.151. The summed E-state index contributed by atoms with van der Waals surface area (Å²) in [6.07, 6.45) is 0.757. The number of hydrogen-bond acceptors (Lipinski definition) is 9. The van der Waals surface area contributed by atoms with E-state index < -0.39 is 65.9 Å². The second-order valence-electron chi connectivity index (χ2n) is 14.7. The molecule has 2 aliphatic heterocycles. The van der Waals surface area contributed by atoms with Crippen molar-refractivity contribution in [3.63, 3.8) is 0 Å². The van der Waals surface area contributed by atoms with Crippen LogP contribution in [0.3, 0.4) is 0 Å². The third kappa shape index (κ3) is 11.8. The summed E-state index contributed by atoms with van der Waals surface area (Å²) < 4.78 is 16.6. The van der Waals surface area contributed by atoms with Crippen LogP contribution in [0.15, 0.2) is 60.7 Å². The Morgan fingerprint density at radius 1 is 0.788 bits per heavy atom. The zero-order chi connectivity index (χ0) is 37.8. The van der Waals surface area contributed by atoms with Crippen LogP contribution < -0.4 is 10.6 Å². The first-order valence-corrected chi connectivity index (χ1v) is 18.0. The SMILES string of the molecule is CC(C)C[C@H](NC(=O)[C@H](CC(=O)OCc1ccccc1)NC(=O)[C@H]1[C@@H](C(=O)N2CCCC2)CCN1C(=O)OC(C)(C)C)C(=O)OCc1ccccc1. The van der Waals surface area contributed by atoms with E-state index in [2.05, 4.69) is 10.6 Å². The van der Waals surface area contributed by atoms with Crippen molar-refractivity contribution in [3.05, 3.63) is 71.8 Å². The Morgan fingerprint density at radius 2 is 1.37 bits per heavy atom. The van der Waals surface area contributed by atoms with Crippen LogP contribution in [0.1, 0.15) is 77.8 Å². The minimum Gasteiger partial charge on any atom is -0.461 e. The van der Waals surface area contributed by atoms with Gasteiger partial charge in [0.1, 0.15) is 36.9 Å². The van der Waals surface area contributed by atoms with Gasteiger partial charge < -0.3 is 29.7 Å². The van der Waals surface area contributed by atoms with Crippen LogP contribution in [0.4, 0.5) is 4.79 Å². The molecule has 2 aliphatic rings. The average Bonchev–Trinajstić information content (AvgIpc) is 3.80. The lowest BCUT2D eigenvalue weighted by atomic mass is 9.97. The number of likely N-dealkylation sites (tertiary alicyclic amines) is 2. The Hall–Kier alpha value is -4.94. The number of amides is 4. The van der Waals surface area contributed by atoms with E-state index in [4.69, 9.17) is 14.2 Å². The highest BCUT2D eigenvalue weighted by Gasteiger charge is 2.49. The molecule has 282 valence electrons. The Labute approximate surface area is 305 Å². The molecule has 4 rings (SSSR count). The maximum absolute atomic E-state index is 14.2. The van der Waals surface area contributed by atoms with Crippen LogP contribution in [0.25, 0.3) is 0 Å². The average molecular weight is 721 g/mol. The van der Waals surface area contributed by atoms with Gasteiger partial charge in [0.15, 0.2) is 0 Å². The van der Waals surface area contributed by atoms with E-state index in [9.17, 15) is 28.8 Å². The first-order valence-electron chi connectivity index (χ1n) is 18.0. The van der Waals surface area contributed by atoms with Crippen molar-refractivity contribution < 1.29 is 43.0 Å². The number of nitrogens with zero attached hydrogens (tertiary/aromatic N) is 2. The summed E-state index contributed by atoms with van der Waals surface area (Å²) in [6, 6.07) is 14.1.